The van der Waals surface area contributed by atoms with Crippen molar-refractivity contribution in [3.8, 4) is 17.1 Å². The van der Waals surface area contributed by atoms with Gasteiger partial charge in [0.15, 0.2) is 0 Å². The van der Waals surface area contributed by atoms with E-state index in [-0.39, 0.29) is 30.3 Å². The van der Waals surface area contributed by atoms with Gasteiger partial charge >= 0.3 is 6.18 Å². The zero-order valence-electron chi connectivity index (χ0n) is 18.1. The third-order valence-electron chi connectivity index (χ3n) is 5.40. The van der Waals surface area contributed by atoms with E-state index in [1.807, 2.05) is 0 Å². The highest BCUT2D eigenvalue weighted by Crippen LogP contribution is 2.36. The van der Waals surface area contributed by atoms with Gasteiger partial charge in [0.2, 0.25) is 5.95 Å². The summed E-state index contributed by atoms with van der Waals surface area (Å²) in [6.07, 6.45) is -3.62. The van der Waals surface area contributed by atoms with Crippen molar-refractivity contribution >= 4 is 17.3 Å². The molecule has 15 heteroatoms. The Hall–Kier alpha value is -2.91. The molecular weight excluding hydrogens is 500 g/mol. The molecule has 1 aliphatic heterocycles. The predicted molar refractivity (Wildman–Crippen MR) is 115 cm³/mol. The Balaban J connectivity index is 1.66. The summed E-state index contributed by atoms with van der Waals surface area (Å²) >= 11 is -1.35. The van der Waals surface area contributed by atoms with Crippen LogP contribution in [0.15, 0.2) is 37.1 Å². The van der Waals surface area contributed by atoms with Crippen LogP contribution in [0.5, 0.6) is 0 Å². The molecule has 0 aliphatic carbocycles. The standard InChI is InChI=1S/C20H19F6N7OS/c1-35(34)33-6-4-13(12(21)8-33)30-19-28-7-11(20(24,25)26)16(31-19)14-9-32(10-29-14)15-3-2-5-27-17(15)18(22)23/h2-3,5,7,9-10,12-13,18H,4,6,8H2,1H3,(H,28,30,31). The van der Waals surface area contributed by atoms with Gasteiger partial charge in [0.05, 0.1) is 18.3 Å². The fourth-order valence-corrected chi connectivity index (χ4v) is 4.38. The number of hydrogen-bond acceptors (Lipinski definition) is 7. The van der Waals surface area contributed by atoms with E-state index in [9.17, 15) is 30.9 Å². The van der Waals surface area contributed by atoms with Crippen molar-refractivity contribution in [2.75, 3.05) is 24.7 Å². The lowest BCUT2D eigenvalue weighted by Gasteiger charge is -2.33. The molecule has 0 bridgehead atoms. The second kappa shape index (κ2) is 9.99. The number of rotatable bonds is 6. The van der Waals surface area contributed by atoms with E-state index in [4.69, 9.17) is 0 Å². The Labute approximate surface area is 198 Å². The summed E-state index contributed by atoms with van der Waals surface area (Å²) in [4.78, 5) is 15.2. The van der Waals surface area contributed by atoms with Gasteiger partial charge in [-0.1, -0.05) is 0 Å². The molecular formula is C20H19F6N7OS. The normalized spacial score (nSPS) is 20.3. The number of halogens is 6. The van der Waals surface area contributed by atoms with Crippen LogP contribution in [0.4, 0.5) is 32.3 Å². The van der Waals surface area contributed by atoms with Crippen LogP contribution in [0.25, 0.3) is 17.1 Å². The largest absolute Gasteiger partial charge is 0.598 e. The minimum absolute atomic E-state index is 0.0532. The van der Waals surface area contributed by atoms with Gasteiger partial charge in [-0.05, 0) is 18.6 Å². The summed E-state index contributed by atoms with van der Waals surface area (Å²) in [5, 5.41) is 2.71. The number of alkyl halides is 6. The highest BCUT2D eigenvalue weighted by atomic mass is 32.2. The van der Waals surface area contributed by atoms with E-state index in [2.05, 4.69) is 25.3 Å². The Morgan fingerprint density at radius 2 is 2.00 bits per heavy atom. The first-order chi connectivity index (χ1) is 16.5. The molecule has 3 unspecified atom stereocenters. The van der Waals surface area contributed by atoms with Gasteiger partial charge in [0.25, 0.3) is 6.43 Å². The van der Waals surface area contributed by atoms with Crippen molar-refractivity contribution in [1.82, 2.24) is 28.8 Å². The number of pyridine rings is 1. The van der Waals surface area contributed by atoms with Gasteiger partial charge in [-0.3, -0.25) is 4.98 Å². The maximum atomic E-state index is 14.6. The molecule has 0 aromatic carbocycles. The number of aromatic nitrogens is 5. The molecule has 0 amide bonds. The lowest BCUT2D eigenvalue weighted by molar-refractivity contribution is -0.137. The topological polar surface area (TPSA) is 94.8 Å². The fourth-order valence-electron chi connectivity index (χ4n) is 3.67. The van der Waals surface area contributed by atoms with Crippen molar-refractivity contribution in [3.63, 3.8) is 0 Å². The number of piperidine rings is 1. The number of hydrogen-bond donors (Lipinski definition) is 1. The van der Waals surface area contributed by atoms with Crippen LogP contribution in [-0.4, -0.2) is 64.9 Å². The zero-order chi connectivity index (χ0) is 25.3. The average molecular weight is 519 g/mol. The molecule has 1 saturated heterocycles. The van der Waals surface area contributed by atoms with Crippen LogP contribution in [0, 0.1) is 0 Å². The summed E-state index contributed by atoms with van der Waals surface area (Å²) in [5.74, 6) is -0.254. The van der Waals surface area contributed by atoms with Gasteiger partial charge in [0, 0.05) is 36.5 Å². The van der Waals surface area contributed by atoms with Crippen LogP contribution in [0.3, 0.4) is 0 Å². The van der Waals surface area contributed by atoms with Crippen molar-refractivity contribution in [2.45, 2.75) is 31.2 Å². The molecule has 1 N–H and O–H groups in total. The smallest absolute Gasteiger partial charge is 0.420 e. The maximum Gasteiger partial charge on any atom is 0.420 e. The third-order valence-corrected chi connectivity index (χ3v) is 6.46. The van der Waals surface area contributed by atoms with Crippen LogP contribution in [0.1, 0.15) is 24.1 Å². The summed E-state index contributed by atoms with van der Waals surface area (Å²) in [7, 11) is 0. The summed E-state index contributed by atoms with van der Waals surface area (Å²) in [6.45, 7) is 0.201. The molecule has 35 heavy (non-hydrogen) atoms. The Kier molecular flexibility index (Phi) is 7.19. The van der Waals surface area contributed by atoms with Crippen molar-refractivity contribution in [2.24, 2.45) is 0 Å². The van der Waals surface area contributed by atoms with Gasteiger partial charge in [-0.2, -0.15) is 13.2 Å². The molecule has 1 fully saturated rings. The van der Waals surface area contributed by atoms with Crippen molar-refractivity contribution < 1.29 is 30.9 Å². The summed E-state index contributed by atoms with van der Waals surface area (Å²) in [6, 6.07) is 1.93. The van der Waals surface area contributed by atoms with E-state index in [0.29, 0.717) is 12.7 Å². The Morgan fingerprint density at radius 3 is 2.66 bits per heavy atom. The first kappa shape index (κ1) is 25.2. The van der Waals surface area contributed by atoms with E-state index in [1.54, 1.807) is 0 Å². The molecule has 3 aromatic rings. The molecule has 3 atom stereocenters. The lowest BCUT2D eigenvalue weighted by Crippen LogP contribution is -2.49. The monoisotopic (exact) mass is 519 g/mol. The van der Waals surface area contributed by atoms with Crippen LogP contribution in [0.2, 0.25) is 0 Å². The van der Waals surface area contributed by atoms with Crippen LogP contribution < -0.4 is 5.32 Å². The van der Waals surface area contributed by atoms with E-state index in [1.165, 1.54) is 28.9 Å². The highest BCUT2D eigenvalue weighted by molar-refractivity contribution is 7.88. The summed E-state index contributed by atoms with van der Waals surface area (Å²) < 4.78 is 96.3. The van der Waals surface area contributed by atoms with Crippen molar-refractivity contribution in [1.29, 1.82) is 0 Å². The average Bonchev–Trinajstić information content (AvgIpc) is 3.29. The Morgan fingerprint density at radius 1 is 1.23 bits per heavy atom. The number of nitrogens with zero attached hydrogens (tertiary/aromatic N) is 6. The fraction of sp³-hybridized carbons (Fsp3) is 0.400. The van der Waals surface area contributed by atoms with E-state index < -0.39 is 53.1 Å². The maximum absolute atomic E-state index is 14.6. The molecule has 8 nitrogen and oxygen atoms in total. The first-order valence-electron chi connectivity index (χ1n) is 10.3. The minimum atomic E-state index is -4.83. The minimum Gasteiger partial charge on any atom is -0.598 e. The second-order valence-corrected chi connectivity index (χ2v) is 9.06. The molecule has 3 aromatic heterocycles. The highest BCUT2D eigenvalue weighted by Gasteiger charge is 2.37. The second-order valence-electron chi connectivity index (χ2n) is 7.70. The van der Waals surface area contributed by atoms with E-state index in [0.717, 1.165) is 17.1 Å². The number of nitrogens with one attached hydrogen (secondary N) is 1. The SMILES string of the molecule is C[S+]([O-])N1CCC(Nc2ncc(C(F)(F)F)c(-c3cn(-c4cccnc4C(F)F)cn3)n2)C(F)C1. The molecule has 0 radical (unpaired) electrons. The van der Waals surface area contributed by atoms with Gasteiger partial charge < -0.3 is 14.4 Å². The molecule has 0 spiro atoms. The molecule has 1 aliphatic rings. The number of anilines is 1. The number of imidazole rings is 1. The predicted octanol–water partition coefficient (Wildman–Crippen LogP) is 3.80. The van der Waals surface area contributed by atoms with E-state index >= 15 is 0 Å². The van der Waals surface area contributed by atoms with Gasteiger partial charge in [-0.15, -0.1) is 4.31 Å². The summed E-state index contributed by atoms with van der Waals surface area (Å²) in [5.41, 5.74) is -2.66. The zero-order valence-corrected chi connectivity index (χ0v) is 18.9. The van der Waals surface area contributed by atoms with Crippen LogP contribution >= 0.6 is 0 Å². The molecule has 4 rings (SSSR count). The van der Waals surface area contributed by atoms with Gasteiger partial charge in [0.1, 0.15) is 41.4 Å². The van der Waals surface area contributed by atoms with Crippen LogP contribution in [-0.2, 0) is 17.5 Å². The Bertz CT molecular complexity index is 1170. The van der Waals surface area contributed by atoms with Crippen molar-refractivity contribution in [3.05, 3.63) is 48.3 Å². The lowest BCUT2D eigenvalue weighted by atomic mass is 10.1. The molecule has 4 heterocycles. The quantitative estimate of drug-likeness (QED) is 0.391. The molecule has 0 saturated carbocycles. The first-order valence-corrected chi connectivity index (χ1v) is 11.8. The molecule has 188 valence electrons. The van der Waals surface area contributed by atoms with Gasteiger partial charge in [-0.25, -0.2) is 28.1 Å². The third kappa shape index (κ3) is 5.51.